The second kappa shape index (κ2) is 7.10. The number of amides is 1. The van der Waals surface area contributed by atoms with Gasteiger partial charge in [0.05, 0.1) is 13.2 Å². The summed E-state index contributed by atoms with van der Waals surface area (Å²) >= 11 is 0. The molecule has 6 rings (SSSR count). The van der Waals surface area contributed by atoms with Crippen molar-refractivity contribution in [2.45, 2.75) is 43.7 Å². The first kappa shape index (κ1) is 17.5. The van der Waals surface area contributed by atoms with Crippen LogP contribution in [0.4, 0.5) is 0 Å². The van der Waals surface area contributed by atoms with E-state index in [1.54, 1.807) is 7.11 Å². The van der Waals surface area contributed by atoms with Gasteiger partial charge in [0.2, 0.25) is 5.91 Å². The smallest absolute Gasteiger partial charge is 0.226 e. The van der Waals surface area contributed by atoms with E-state index in [4.69, 9.17) is 9.47 Å². The molecule has 1 aromatic carbocycles. The standard InChI is InChI=1S/C22H30N2O3/c1-26-18-4-2-3-17(13-18)19-14-24(22(25)16-7-11-27-12-8-16)20-15-5-9-23(10-6-15)21(19)20/h2-4,13,15-16,19-21H,5-12,14H2,1H3/t19-,20+,21+/m0/s1. The molecule has 5 aliphatic heterocycles. The Hall–Kier alpha value is -1.59. The summed E-state index contributed by atoms with van der Waals surface area (Å²) < 4.78 is 11.0. The van der Waals surface area contributed by atoms with Gasteiger partial charge in [-0.05, 0) is 62.4 Å². The van der Waals surface area contributed by atoms with E-state index in [0.29, 0.717) is 29.8 Å². The lowest BCUT2D eigenvalue weighted by molar-refractivity contribution is -0.143. The summed E-state index contributed by atoms with van der Waals surface area (Å²) in [4.78, 5) is 18.4. The molecule has 0 radical (unpaired) electrons. The summed E-state index contributed by atoms with van der Waals surface area (Å²) in [6.45, 7) is 4.68. The molecule has 2 bridgehead atoms. The lowest BCUT2D eigenvalue weighted by atomic mass is 9.75. The van der Waals surface area contributed by atoms with E-state index in [0.717, 1.165) is 38.3 Å². The van der Waals surface area contributed by atoms with Crippen molar-refractivity contribution in [2.24, 2.45) is 11.8 Å². The van der Waals surface area contributed by atoms with Crippen LogP contribution in [0.3, 0.4) is 0 Å². The van der Waals surface area contributed by atoms with Crippen molar-refractivity contribution < 1.29 is 14.3 Å². The molecule has 0 unspecified atom stereocenters. The van der Waals surface area contributed by atoms with Crippen LogP contribution in [0.1, 0.15) is 37.2 Å². The minimum atomic E-state index is 0.152. The molecule has 1 amide bonds. The maximum atomic E-state index is 13.5. The molecule has 0 spiro atoms. The van der Waals surface area contributed by atoms with Gasteiger partial charge in [-0.2, -0.15) is 0 Å². The monoisotopic (exact) mass is 370 g/mol. The lowest BCUT2D eigenvalue weighted by Crippen LogP contribution is -2.61. The fourth-order valence-corrected chi connectivity index (χ4v) is 6.02. The minimum absolute atomic E-state index is 0.152. The molecule has 5 aliphatic rings. The molecule has 5 saturated heterocycles. The molecule has 0 N–H and O–H groups in total. The Morgan fingerprint density at radius 2 is 1.89 bits per heavy atom. The number of rotatable bonds is 3. The first-order valence-corrected chi connectivity index (χ1v) is 10.5. The molecule has 0 aliphatic carbocycles. The van der Waals surface area contributed by atoms with Crippen LogP contribution in [0, 0.1) is 11.8 Å². The highest BCUT2D eigenvalue weighted by Gasteiger charge is 2.55. The van der Waals surface area contributed by atoms with Gasteiger partial charge in [-0.25, -0.2) is 0 Å². The van der Waals surface area contributed by atoms with Gasteiger partial charge < -0.3 is 14.4 Å². The van der Waals surface area contributed by atoms with Gasteiger partial charge in [-0.3, -0.25) is 9.69 Å². The van der Waals surface area contributed by atoms with Gasteiger partial charge in [-0.1, -0.05) is 12.1 Å². The molecule has 0 aromatic heterocycles. The summed E-state index contributed by atoms with van der Waals surface area (Å²) in [5.41, 5.74) is 1.32. The molecule has 5 heterocycles. The average molecular weight is 370 g/mol. The van der Waals surface area contributed by atoms with Gasteiger partial charge in [-0.15, -0.1) is 0 Å². The molecule has 27 heavy (non-hydrogen) atoms. The summed E-state index contributed by atoms with van der Waals surface area (Å²) in [5.74, 6) is 2.50. The van der Waals surface area contributed by atoms with Crippen LogP contribution >= 0.6 is 0 Å². The van der Waals surface area contributed by atoms with Crippen molar-refractivity contribution in [3.63, 3.8) is 0 Å². The molecule has 1 aromatic rings. The van der Waals surface area contributed by atoms with Crippen molar-refractivity contribution in [3.05, 3.63) is 29.8 Å². The Morgan fingerprint density at radius 3 is 2.63 bits per heavy atom. The molecule has 5 heteroatoms. The largest absolute Gasteiger partial charge is 0.497 e. The fraction of sp³-hybridized carbons (Fsp3) is 0.682. The van der Waals surface area contributed by atoms with Crippen LogP contribution in [0.25, 0.3) is 0 Å². The summed E-state index contributed by atoms with van der Waals surface area (Å²) in [6, 6.07) is 9.34. The number of ether oxygens (including phenoxy) is 2. The van der Waals surface area contributed by atoms with E-state index in [9.17, 15) is 4.79 Å². The Balaban J connectivity index is 1.47. The van der Waals surface area contributed by atoms with E-state index in [-0.39, 0.29) is 5.92 Å². The van der Waals surface area contributed by atoms with Crippen molar-refractivity contribution in [2.75, 3.05) is 40.0 Å². The summed E-state index contributed by atoms with van der Waals surface area (Å²) in [5, 5.41) is 0. The molecule has 146 valence electrons. The molecule has 5 nitrogen and oxygen atoms in total. The number of piperidine rings is 3. The Bertz CT molecular complexity index is 695. The second-order valence-electron chi connectivity index (χ2n) is 8.61. The number of hydrogen-bond acceptors (Lipinski definition) is 4. The predicted molar refractivity (Wildman–Crippen MR) is 103 cm³/mol. The van der Waals surface area contributed by atoms with Crippen molar-refractivity contribution >= 4 is 5.91 Å². The van der Waals surface area contributed by atoms with E-state index >= 15 is 0 Å². The highest BCUT2D eigenvalue weighted by atomic mass is 16.5. The van der Waals surface area contributed by atoms with Gasteiger partial charge in [0.15, 0.2) is 0 Å². The van der Waals surface area contributed by atoms with Gasteiger partial charge in [0.1, 0.15) is 5.75 Å². The Kier molecular flexibility index (Phi) is 4.60. The van der Waals surface area contributed by atoms with Crippen LogP contribution in [-0.2, 0) is 9.53 Å². The zero-order valence-electron chi connectivity index (χ0n) is 16.2. The van der Waals surface area contributed by atoms with E-state index in [1.165, 1.54) is 31.5 Å². The van der Waals surface area contributed by atoms with Crippen LogP contribution in [-0.4, -0.2) is 67.7 Å². The van der Waals surface area contributed by atoms with Crippen molar-refractivity contribution in [1.29, 1.82) is 0 Å². The molecule has 0 saturated carbocycles. The van der Waals surface area contributed by atoms with Gasteiger partial charge >= 0.3 is 0 Å². The molecular formula is C22H30N2O3. The van der Waals surface area contributed by atoms with Crippen molar-refractivity contribution in [1.82, 2.24) is 9.80 Å². The molecular weight excluding hydrogens is 340 g/mol. The maximum Gasteiger partial charge on any atom is 0.226 e. The minimum Gasteiger partial charge on any atom is -0.497 e. The molecule has 5 fully saturated rings. The Morgan fingerprint density at radius 1 is 1.11 bits per heavy atom. The zero-order chi connectivity index (χ0) is 18.4. The normalized spacial score (nSPS) is 35.9. The number of fused-ring (bicyclic) bond motifs is 2. The van der Waals surface area contributed by atoms with Crippen LogP contribution in [0.15, 0.2) is 24.3 Å². The van der Waals surface area contributed by atoms with Crippen LogP contribution in [0.5, 0.6) is 5.75 Å². The number of nitrogens with zero attached hydrogens (tertiary/aromatic N) is 2. The number of carbonyl (C=O) groups is 1. The third kappa shape index (κ3) is 2.95. The highest BCUT2D eigenvalue weighted by molar-refractivity contribution is 5.80. The number of hydrogen-bond donors (Lipinski definition) is 0. The van der Waals surface area contributed by atoms with E-state index in [1.807, 2.05) is 6.07 Å². The van der Waals surface area contributed by atoms with E-state index < -0.39 is 0 Å². The fourth-order valence-electron chi connectivity index (χ4n) is 6.02. The second-order valence-corrected chi connectivity index (χ2v) is 8.61. The van der Waals surface area contributed by atoms with Crippen LogP contribution < -0.4 is 4.74 Å². The number of carbonyl (C=O) groups excluding carboxylic acids is 1. The SMILES string of the molecule is COc1cccc([C@@H]2CN(C(=O)C3CCOCC3)[C@@H]3C4CCN(CC4)[C@@H]32)c1. The number of benzene rings is 1. The highest BCUT2D eigenvalue weighted by Crippen LogP contribution is 2.47. The Labute approximate surface area is 161 Å². The number of likely N-dealkylation sites (tertiary alicyclic amines) is 1. The zero-order valence-corrected chi connectivity index (χ0v) is 16.2. The maximum absolute atomic E-state index is 13.5. The van der Waals surface area contributed by atoms with Crippen molar-refractivity contribution in [3.8, 4) is 5.75 Å². The summed E-state index contributed by atoms with van der Waals surface area (Å²) in [7, 11) is 1.73. The topological polar surface area (TPSA) is 42.0 Å². The number of methoxy groups -OCH3 is 1. The average Bonchev–Trinajstić information content (AvgIpc) is 3.18. The van der Waals surface area contributed by atoms with Crippen LogP contribution in [0.2, 0.25) is 0 Å². The quantitative estimate of drug-likeness (QED) is 0.820. The first-order chi connectivity index (χ1) is 13.3. The third-order valence-corrected chi connectivity index (χ3v) is 7.37. The summed E-state index contributed by atoms with van der Waals surface area (Å²) in [6.07, 6.45) is 4.24. The third-order valence-electron chi connectivity index (χ3n) is 7.37. The lowest BCUT2D eigenvalue weighted by Gasteiger charge is -2.51. The molecule has 3 atom stereocenters. The van der Waals surface area contributed by atoms with Gasteiger partial charge in [0, 0.05) is 37.6 Å². The van der Waals surface area contributed by atoms with Gasteiger partial charge in [0.25, 0.3) is 0 Å². The predicted octanol–water partition coefficient (Wildman–Crippen LogP) is 2.51. The first-order valence-electron chi connectivity index (χ1n) is 10.5. The van der Waals surface area contributed by atoms with E-state index in [2.05, 4.69) is 28.0 Å².